The fraction of sp³-hybridized carbons (Fsp3) is 0.125. The SMILES string of the molecule is N/C(=N\N=NC1=CCCC(c2ncccn2)=C1)c1ccccn1. The van der Waals surface area contributed by atoms with E-state index in [4.69, 9.17) is 5.73 Å². The molecule has 3 rings (SSSR count). The van der Waals surface area contributed by atoms with Crippen molar-refractivity contribution in [2.75, 3.05) is 0 Å². The third-order valence-corrected chi connectivity index (χ3v) is 3.18. The van der Waals surface area contributed by atoms with Crippen molar-refractivity contribution < 1.29 is 0 Å². The smallest absolute Gasteiger partial charge is 0.173 e. The van der Waals surface area contributed by atoms with Gasteiger partial charge in [-0.05, 0) is 47.9 Å². The van der Waals surface area contributed by atoms with Crippen molar-refractivity contribution in [1.82, 2.24) is 15.0 Å². The molecule has 0 aliphatic heterocycles. The molecule has 2 N–H and O–H groups in total. The highest BCUT2D eigenvalue weighted by atomic mass is 15.4. The Kier molecular flexibility index (Phi) is 4.58. The van der Waals surface area contributed by atoms with Crippen molar-refractivity contribution in [2.45, 2.75) is 12.8 Å². The van der Waals surface area contributed by atoms with Gasteiger partial charge in [0.1, 0.15) is 5.69 Å². The zero-order valence-corrected chi connectivity index (χ0v) is 12.4. The van der Waals surface area contributed by atoms with E-state index in [1.807, 2.05) is 24.3 Å². The Morgan fingerprint density at radius 2 is 1.87 bits per heavy atom. The van der Waals surface area contributed by atoms with Crippen LogP contribution in [0.5, 0.6) is 0 Å². The van der Waals surface area contributed by atoms with Gasteiger partial charge in [-0.25, -0.2) is 9.97 Å². The van der Waals surface area contributed by atoms with Crippen LogP contribution in [-0.2, 0) is 0 Å². The predicted octanol–water partition coefficient (Wildman–Crippen LogP) is 2.71. The third-order valence-electron chi connectivity index (χ3n) is 3.18. The topological polar surface area (TPSA) is 102 Å². The number of aromatic nitrogens is 3. The third kappa shape index (κ3) is 3.91. The first-order chi connectivity index (χ1) is 11.3. The van der Waals surface area contributed by atoms with E-state index < -0.39 is 0 Å². The highest BCUT2D eigenvalue weighted by molar-refractivity contribution is 5.95. The minimum Gasteiger partial charge on any atom is -0.380 e. The van der Waals surface area contributed by atoms with E-state index in [1.54, 1.807) is 30.7 Å². The molecule has 0 unspecified atom stereocenters. The molecular weight excluding hydrogens is 290 g/mol. The first kappa shape index (κ1) is 14.7. The zero-order valence-electron chi connectivity index (χ0n) is 12.4. The van der Waals surface area contributed by atoms with Crippen LogP contribution in [0.15, 0.2) is 76.1 Å². The van der Waals surface area contributed by atoms with Gasteiger partial charge < -0.3 is 5.73 Å². The van der Waals surface area contributed by atoms with Gasteiger partial charge in [-0.1, -0.05) is 12.1 Å². The molecule has 0 saturated heterocycles. The molecule has 1 aliphatic rings. The molecule has 0 radical (unpaired) electrons. The van der Waals surface area contributed by atoms with E-state index in [9.17, 15) is 0 Å². The predicted molar refractivity (Wildman–Crippen MR) is 87.1 cm³/mol. The number of nitrogens with two attached hydrogens (primary N) is 1. The normalized spacial score (nSPS) is 15.4. The summed E-state index contributed by atoms with van der Waals surface area (Å²) >= 11 is 0. The second-order valence-electron chi connectivity index (χ2n) is 4.80. The van der Waals surface area contributed by atoms with Crippen molar-refractivity contribution >= 4 is 11.4 Å². The van der Waals surface area contributed by atoms with Crippen molar-refractivity contribution in [2.24, 2.45) is 21.2 Å². The Bertz CT molecular complexity index is 777. The number of allylic oxidation sites excluding steroid dienone is 3. The molecule has 0 atom stereocenters. The van der Waals surface area contributed by atoms with Gasteiger partial charge in [0.2, 0.25) is 0 Å². The first-order valence-corrected chi connectivity index (χ1v) is 7.16. The fourth-order valence-electron chi connectivity index (χ4n) is 2.08. The molecule has 23 heavy (non-hydrogen) atoms. The number of hydrogen-bond acceptors (Lipinski definition) is 5. The summed E-state index contributed by atoms with van der Waals surface area (Å²) in [7, 11) is 0. The lowest BCUT2D eigenvalue weighted by atomic mass is 10.0. The summed E-state index contributed by atoms with van der Waals surface area (Å²) < 4.78 is 0. The second-order valence-corrected chi connectivity index (χ2v) is 4.80. The van der Waals surface area contributed by atoms with Crippen LogP contribution in [0.1, 0.15) is 24.4 Å². The monoisotopic (exact) mass is 305 g/mol. The summed E-state index contributed by atoms with van der Waals surface area (Å²) in [6.07, 6.45) is 10.7. The summed E-state index contributed by atoms with van der Waals surface area (Å²) in [6, 6.07) is 7.20. The van der Waals surface area contributed by atoms with Crippen LogP contribution in [0.3, 0.4) is 0 Å². The molecule has 1 aliphatic carbocycles. The van der Waals surface area contributed by atoms with Gasteiger partial charge in [-0.15, -0.1) is 10.2 Å². The van der Waals surface area contributed by atoms with E-state index >= 15 is 0 Å². The minimum absolute atomic E-state index is 0.223. The second kappa shape index (κ2) is 7.17. The van der Waals surface area contributed by atoms with Gasteiger partial charge in [0.25, 0.3) is 0 Å². The molecule has 0 amide bonds. The van der Waals surface area contributed by atoms with E-state index in [1.165, 1.54) is 0 Å². The Morgan fingerprint density at radius 1 is 1.04 bits per heavy atom. The van der Waals surface area contributed by atoms with Gasteiger partial charge in [0, 0.05) is 18.6 Å². The lowest BCUT2D eigenvalue weighted by Crippen LogP contribution is -2.13. The quantitative estimate of drug-likeness (QED) is 0.406. The molecule has 2 aromatic heterocycles. The number of amidine groups is 1. The van der Waals surface area contributed by atoms with Gasteiger partial charge in [0.15, 0.2) is 11.7 Å². The molecule has 0 saturated carbocycles. The van der Waals surface area contributed by atoms with Crippen molar-refractivity contribution in [1.29, 1.82) is 0 Å². The average molecular weight is 305 g/mol. The summed E-state index contributed by atoms with van der Waals surface area (Å²) in [5.74, 6) is 0.936. The van der Waals surface area contributed by atoms with Crippen LogP contribution in [-0.4, -0.2) is 20.8 Å². The Labute approximate surface area is 133 Å². The number of hydrogen-bond donors (Lipinski definition) is 1. The van der Waals surface area contributed by atoms with Crippen LogP contribution in [0, 0.1) is 0 Å². The molecule has 0 aromatic carbocycles. The maximum atomic E-state index is 5.81. The van der Waals surface area contributed by atoms with Crippen molar-refractivity contribution in [3.05, 3.63) is 72.2 Å². The van der Waals surface area contributed by atoms with E-state index in [2.05, 4.69) is 30.4 Å². The lowest BCUT2D eigenvalue weighted by molar-refractivity contribution is 0.953. The Morgan fingerprint density at radius 3 is 2.65 bits per heavy atom. The standard InChI is InChI=1S/C16H15N7/c17-15(14-7-1-2-8-18-14)22-23-21-13-6-3-5-12(11-13)16-19-9-4-10-20-16/h1-2,4,6-11H,3,5H2,(H2,17,21,22). The number of pyridine rings is 1. The highest BCUT2D eigenvalue weighted by Gasteiger charge is 2.09. The maximum absolute atomic E-state index is 5.81. The average Bonchev–Trinajstić information content (AvgIpc) is 2.63. The van der Waals surface area contributed by atoms with E-state index in [0.717, 1.165) is 24.1 Å². The molecule has 2 heterocycles. The van der Waals surface area contributed by atoms with Crippen LogP contribution >= 0.6 is 0 Å². The zero-order chi connectivity index (χ0) is 15.9. The van der Waals surface area contributed by atoms with Crippen molar-refractivity contribution in [3.63, 3.8) is 0 Å². The summed E-state index contributed by atoms with van der Waals surface area (Å²) in [5, 5.41) is 11.8. The largest absolute Gasteiger partial charge is 0.380 e. The summed E-state index contributed by atoms with van der Waals surface area (Å²) in [4.78, 5) is 12.6. The summed E-state index contributed by atoms with van der Waals surface area (Å²) in [6.45, 7) is 0. The lowest BCUT2D eigenvalue weighted by Gasteiger charge is -2.08. The number of nitrogens with zero attached hydrogens (tertiary/aromatic N) is 6. The first-order valence-electron chi connectivity index (χ1n) is 7.16. The van der Waals surface area contributed by atoms with Crippen LogP contribution in [0.4, 0.5) is 0 Å². The van der Waals surface area contributed by atoms with Crippen molar-refractivity contribution in [3.8, 4) is 0 Å². The van der Waals surface area contributed by atoms with Gasteiger partial charge in [-0.3, -0.25) is 4.98 Å². The highest BCUT2D eigenvalue weighted by Crippen LogP contribution is 2.24. The molecule has 0 fully saturated rings. The van der Waals surface area contributed by atoms with Gasteiger partial charge >= 0.3 is 0 Å². The van der Waals surface area contributed by atoms with E-state index in [0.29, 0.717) is 11.5 Å². The molecule has 114 valence electrons. The Hall–Kier alpha value is -3.22. The maximum Gasteiger partial charge on any atom is 0.173 e. The fourth-order valence-corrected chi connectivity index (χ4v) is 2.08. The summed E-state index contributed by atoms with van der Waals surface area (Å²) in [5.41, 5.74) is 8.13. The molecule has 0 spiro atoms. The molecular formula is C16H15N7. The van der Waals surface area contributed by atoms with Gasteiger partial charge in [0.05, 0.1) is 5.70 Å². The number of rotatable bonds is 4. The van der Waals surface area contributed by atoms with Crippen LogP contribution in [0.2, 0.25) is 0 Å². The van der Waals surface area contributed by atoms with Gasteiger partial charge in [-0.2, -0.15) is 0 Å². The van der Waals surface area contributed by atoms with Crippen LogP contribution < -0.4 is 5.73 Å². The Balaban J connectivity index is 1.73. The minimum atomic E-state index is 0.223. The molecule has 2 aromatic rings. The molecule has 7 nitrogen and oxygen atoms in total. The molecule has 0 bridgehead atoms. The van der Waals surface area contributed by atoms with E-state index in [-0.39, 0.29) is 5.84 Å². The van der Waals surface area contributed by atoms with Crippen LogP contribution in [0.25, 0.3) is 5.57 Å². The molecule has 7 heteroatoms.